The van der Waals surface area contributed by atoms with Gasteiger partial charge in [-0.2, -0.15) is 0 Å². The quantitative estimate of drug-likeness (QED) is 0.630. The molecule has 0 saturated heterocycles. The number of esters is 1. The summed E-state index contributed by atoms with van der Waals surface area (Å²) in [5, 5.41) is 7.72. The summed E-state index contributed by atoms with van der Waals surface area (Å²) in [6, 6.07) is 0. The van der Waals surface area contributed by atoms with Gasteiger partial charge in [-0.3, -0.25) is 9.59 Å². The van der Waals surface area contributed by atoms with Crippen molar-refractivity contribution in [2.24, 2.45) is 5.92 Å². The number of carbonyl (C=O) groups excluding carboxylic acids is 1. The van der Waals surface area contributed by atoms with E-state index in [1.165, 1.54) is 11.1 Å². The van der Waals surface area contributed by atoms with Crippen molar-refractivity contribution in [1.82, 2.24) is 0 Å². The van der Waals surface area contributed by atoms with E-state index in [9.17, 15) is 9.59 Å². The molecule has 1 aliphatic rings. The molecule has 0 aromatic heterocycles. The zero-order chi connectivity index (χ0) is 15.7. The molecule has 4 heteroatoms. The molecule has 0 radical (unpaired) electrons. The number of carboxylic acid groups (broad SMARTS) is 1. The second-order valence-corrected chi connectivity index (χ2v) is 5.04. The van der Waals surface area contributed by atoms with Crippen LogP contribution in [0.4, 0.5) is 0 Å². The van der Waals surface area contributed by atoms with Gasteiger partial charge in [0.15, 0.2) is 0 Å². The molecule has 0 aromatic carbocycles. The fourth-order valence-corrected chi connectivity index (χ4v) is 1.79. The minimum Gasteiger partial charge on any atom is -0.481 e. The van der Waals surface area contributed by atoms with E-state index in [2.05, 4.69) is 12.7 Å². The van der Waals surface area contributed by atoms with E-state index < -0.39 is 5.97 Å². The zero-order valence-corrected chi connectivity index (χ0v) is 12.9. The van der Waals surface area contributed by atoms with Crippen LogP contribution in [0.15, 0.2) is 23.8 Å². The van der Waals surface area contributed by atoms with Crippen LogP contribution in [-0.4, -0.2) is 23.1 Å². The minimum atomic E-state index is -0.745. The molecule has 0 aliphatic heterocycles. The third-order valence-corrected chi connectivity index (χ3v) is 3.29. The van der Waals surface area contributed by atoms with Crippen LogP contribution in [0.25, 0.3) is 0 Å². The Morgan fingerprint density at radius 2 is 1.95 bits per heavy atom. The molecule has 0 heterocycles. The predicted octanol–water partition coefficient (Wildman–Crippen LogP) is 3.72. The van der Waals surface area contributed by atoms with Crippen molar-refractivity contribution in [3.05, 3.63) is 23.8 Å². The highest BCUT2D eigenvalue weighted by atomic mass is 16.5. The fraction of sp³-hybridized carbons (Fsp3) is 0.625. The van der Waals surface area contributed by atoms with Crippen LogP contribution in [0, 0.1) is 5.92 Å². The van der Waals surface area contributed by atoms with Crippen LogP contribution >= 0.6 is 0 Å². The van der Waals surface area contributed by atoms with E-state index >= 15 is 0 Å². The van der Waals surface area contributed by atoms with Crippen LogP contribution in [0.2, 0.25) is 0 Å². The number of allylic oxidation sites excluding steroid dienone is 2. The molecular weight excluding hydrogens is 256 g/mol. The molecule has 1 rings (SSSR count). The first-order valence-corrected chi connectivity index (χ1v) is 7.05. The first-order valence-electron chi connectivity index (χ1n) is 7.05. The fourth-order valence-electron chi connectivity index (χ4n) is 1.79. The normalized spacial score (nSPS) is 21.1. The average Bonchev–Trinajstić information content (AvgIpc) is 2.41. The highest BCUT2D eigenvalue weighted by Crippen LogP contribution is 2.30. The van der Waals surface area contributed by atoms with Crippen LogP contribution in [0.3, 0.4) is 0 Å². The largest absolute Gasteiger partial charge is 0.481 e. The van der Waals surface area contributed by atoms with Gasteiger partial charge in [0.1, 0.15) is 6.10 Å². The van der Waals surface area contributed by atoms with Crippen LogP contribution in [-0.2, 0) is 14.3 Å². The van der Waals surface area contributed by atoms with Gasteiger partial charge in [-0.15, -0.1) is 0 Å². The molecule has 2 atom stereocenters. The summed E-state index contributed by atoms with van der Waals surface area (Å²) in [6.45, 7) is 11.5. The molecule has 0 fully saturated rings. The summed E-state index contributed by atoms with van der Waals surface area (Å²) in [6.07, 6.45) is 4.72. The van der Waals surface area contributed by atoms with Crippen LogP contribution in [0.1, 0.15) is 53.4 Å². The van der Waals surface area contributed by atoms with Gasteiger partial charge in [0.2, 0.25) is 0 Å². The molecule has 1 aliphatic carbocycles. The van der Waals surface area contributed by atoms with E-state index in [-0.39, 0.29) is 18.5 Å². The topological polar surface area (TPSA) is 63.6 Å². The van der Waals surface area contributed by atoms with Crippen molar-refractivity contribution in [2.45, 2.75) is 59.5 Å². The molecular formula is C16H26O4. The number of rotatable bonds is 4. The van der Waals surface area contributed by atoms with E-state index in [1.807, 2.05) is 20.8 Å². The molecule has 1 N–H and O–H groups in total. The Morgan fingerprint density at radius 3 is 2.35 bits per heavy atom. The number of carbonyl (C=O) groups is 2. The Labute approximate surface area is 121 Å². The smallest absolute Gasteiger partial charge is 0.306 e. The van der Waals surface area contributed by atoms with Crippen molar-refractivity contribution in [2.75, 3.05) is 0 Å². The lowest BCUT2D eigenvalue weighted by Crippen LogP contribution is -2.25. The SMILES string of the molecule is C=C(C)C1CC=C(C)C(OC(=O)CC)C1.CCC(=O)O. The summed E-state index contributed by atoms with van der Waals surface area (Å²) in [5.41, 5.74) is 2.35. The molecule has 0 spiro atoms. The molecule has 0 aromatic rings. The summed E-state index contributed by atoms with van der Waals surface area (Å²) < 4.78 is 5.38. The Balaban J connectivity index is 0.000000621. The number of hydrogen-bond donors (Lipinski definition) is 1. The molecule has 114 valence electrons. The van der Waals surface area contributed by atoms with Crippen LogP contribution < -0.4 is 0 Å². The molecule has 0 bridgehead atoms. The van der Waals surface area contributed by atoms with Crippen molar-refractivity contribution < 1.29 is 19.4 Å². The second-order valence-electron chi connectivity index (χ2n) is 5.04. The number of ether oxygens (including phenoxy) is 1. The van der Waals surface area contributed by atoms with Gasteiger partial charge in [-0.25, -0.2) is 0 Å². The first-order chi connectivity index (χ1) is 9.31. The predicted molar refractivity (Wildman–Crippen MR) is 79.4 cm³/mol. The van der Waals surface area contributed by atoms with Crippen molar-refractivity contribution in [3.63, 3.8) is 0 Å². The van der Waals surface area contributed by atoms with Gasteiger partial charge in [0.25, 0.3) is 0 Å². The number of hydrogen-bond acceptors (Lipinski definition) is 3. The van der Waals surface area contributed by atoms with E-state index in [0.717, 1.165) is 12.8 Å². The zero-order valence-electron chi connectivity index (χ0n) is 12.9. The van der Waals surface area contributed by atoms with Crippen molar-refractivity contribution in [1.29, 1.82) is 0 Å². The minimum absolute atomic E-state index is 0.0344. The van der Waals surface area contributed by atoms with E-state index in [0.29, 0.717) is 12.3 Å². The highest BCUT2D eigenvalue weighted by molar-refractivity contribution is 5.69. The molecule has 4 nitrogen and oxygen atoms in total. The maximum atomic E-state index is 11.2. The molecule has 20 heavy (non-hydrogen) atoms. The Bertz CT molecular complexity index is 382. The first kappa shape index (κ1) is 18.4. The monoisotopic (exact) mass is 282 g/mol. The standard InChI is InChI=1S/C13H20O2.C3H6O2/c1-5-13(14)15-12-8-11(9(2)3)7-6-10(12)4;1-2-3(4)5/h6,11-12H,2,5,7-8H2,1,3-4H3;2H2,1H3,(H,4,5). The lowest BCUT2D eigenvalue weighted by atomic mass is 9.84. The lowest BCUT2D eigenvalue weighted by Gasteiger charge is -2.28. The Kier molecular flexibility index (Phi) is 8.61. The summed E-state index contributed by atoms with van der Waals surface area (Å²) >= 11 is 0. The maximum Gasteiger partial charge on any atom is 0.306 e. The number of aliphatic carboxylic acids is 1. The lowest BCUT2D eigenvalue weighted by molar-refractivity contribution is -0.147. The van der Waals surface area contributed by atoms with Crippen LogP contribution in [0.5, 0.6) is 0 Å². The molecule has 2 unspecified atom stereocenters. The maximum absolute atomic E-state index is 11.2. The van der Waals surface area contributed by atoms with Gasteiger partial charge < -0.3 is 9.84 Å². The average molecular weight is 282 g/mol. The van der Waals surface area contributed by atoms with E-state index in [4.69, 9.17) is 9.84 Å². The third kappa shape index (κ3) is 7.12. The van der Waals surface area contributed by atoms with E-state index in [1.54, 1.807) is 6.92 Å². The number of carboxylic acids is 1. The van der Waals surface area contributed by atoms with Gasteiger partial charge in [0, 0.05) is 12.8 Å². The molecule has 0 saturated carbocycles. The van der Waals surface area contributed by atoms with Gasteiger partial charge in [0.05, 0.1) is 0 Å². The van der Waals surface area contributed by atoms with Gasteiger partial charge >= 0.3 is 11.9 Å². The van der Waals surface area contributed by atoms with Crippen molar-refractivity contribution >= 4 is 11.9 Å². The van der Waals surface area contributed by atoms with Gasteiger partial charge in [-0.05, 0) is 38.2 Å². The van der Waals surface area contributed by atoms with Crippen molar-refractivity contribution in [3.8, 4) is 0 Å². The Hall–Kier alpha value is -1.58. The summed E-state index contributed by atoms with van der Waals surface area (Å²) in [4.78, 5) is 20.6. The Morgan fingerprint density at radius 1 is 1.40 bits per heavy atom. The van der Waals surface area contributed by atoms with Gasteiger partial charge in [-0.1, -0.05) is 32.1 Å². The molecule has 0 amide bonds. The highest BCUT2D eigenvalue weighted by Gasteiger charge is 2.24. The third-order valence-electron chi connectivity index (χ3n) is 3.29. The summed E-state index contributed by atoms with van der Waals surface area (Å²) in [5.74, 6) is -0.400. The summed E-state index contributed by atoms with van der Waals surface area (Å²) in [7, 11) is 0. The second kappa shape index (κ2) is 9.34.